The number of amides is 2. The van der Waals surface area contributed by atoms with E-state index in [0.717, 1.165) is 5.56 Å². The third-order valence-electron chi connectivity index (χ3n) is 4.74. The maximum absolute atomic E-state index is 12.8. The lowest BCUT2D eigenvalue weighted by atomic mass is 10.1. The van der Waals surface area contributed by atoms with Crippen molar-refractivity contribution in [3.63, 3.8) is 0 Å². The van der Waals surface area contributed by atoms with E-state index in [1.165, 1.54) is 18.1 Å². The fourth-order valence-corrected chi connectivity index (χ4v) is 2.96. The molecule has 4 rings (SSSR count). The van der Waals surface area contributed by atoms with E-state index in [-0.39, 0.29) is 23.5 Å². The quantitative estimate of drug-likeness (QED) is 0.520. The van der Waals surface area contributed by atoms with Gasteiger partial charge in [0.1, 0.15) is 22.7 Å². The summed E-state index contributed by atoms with van der Waals surface area (Å²) in [4.78, 5) is 34.4. The van der Waals surface area contributed by atoms with E-state index in [9.17, 15) is 9.59 Å². The molecule has 0 fully saturated rings. The first-order valence-electron chi connectivity index (χ1n) is 9.80. The van der Waals surface area contributed by atoms with Gasteiger partial charge in [0, 0.05) is 38.0 Å². The Bertz CT molecular complexity index is 1310. The number of hydrogen-bond donors (Lipinski definition) is 1. The summed E-state index contributed by atoms with van der Waals surface area (Å²) in [6.45, 7) is 1.96. The first-order chi connectivity index (χ1) is 15.4. The van der Waals surface area contributed by atoms with Crippen molar-refractivity contribution in [3.8, 4) is 11.5 Å². The highest BCUT2D eigenvalue weighted by molar-refractivity contribution is 6.05. The summed E-state index contributed by atoms with van der Waals surface area (Å²) in [7, 11) is 3.13. The first kappa shape index (κ1) is 20.9. The number of nitrogens with zero attached hydrogens (tertiary/aromatic N) is 5. The van der Waals surface area contributed by atoms with E-state index in [1.54, 1.807) is 49.5 Å². The molecule has 0 unspecified atom stereocenters. The Morgan fingerprint density at radius 1 is 0.938 bits per heavy atom. The SMILES string of the molecule is CNC(=O)c1cc(Oc2ccc3nnc(N(C)C(=O)c4ccc(C)cc4)nc3c2)ccn1. The van der Waals surface area contributed by atoms with E-state index in [0.29, 0.717) is 28.1 Å². The number of anilines is 1. The number of pyridine rings is 1. The Morgan fingerprint density at radius 2 is 1.69 bits per heavy atom. The minimum absolute atomic E-state index is 0.172. The Labute approximate surface area is 184 Å². The summed E-state index contributed by atoms with van der Waals surface area (Å²) in [5.74, 6) is 0.567. The van der Waals surface area contributed by atoms with Crippen molar-refractivity contribution >= 4 is 28.8 Å². The van der Waals surface area contributed by atoms with Crippen LogP contribution in [-0.4, -0.2) is 46.1 Å². The second kappa shape index (κ2) is 8.76. The molecule has 9 nitrogen and oxygen atoms in total. The Morgan fingerprint density at radius 3 is 2.44 bits per heavy atom. The van der Waals surface area contributed by atoms with Crippen molar-refractivity contribution in [2.24, 2.45) is 0 Å². The lowest BCUT2D eigenvalue weighted by molar-refractivity contribution is 0.0956. The zero-order valence-corrected chi connectivity index (χ0v) is 17.7. The normalized spacial score (nSPS) is 10.6. The Hall–Kier alpha value is -4.40. The summed E-state index contributed by atoms with van der Waals surface area (Å²) < 4.78 is 5.86. The average molecular weight is 428 g/mol. The van der Waals surface area contributed by atoms with Crippen molar-refractivity contribution < 1.29 is 14.3 Å². The summed E-state index contributed by atoms with van der Waals surface area (Å²) in [5, 5.41) is 10.8. The number of hydrogen-bond acceptors (Lipinski definition) is 7. The Balaban J connectivity index is 1.59. The smallest absolute Gasteiger partial charge is 0.269 e. The molecule has 2 heterocycles. The van der Waals surface area contributed by atoms with Crippen LogP contribution in [-0.2, 0) is 0 Å². The van der Waals surface area contributed by atoms with Gasteiger partial charge in [0.2, 0.25) is 0 Å². The molecule has 2 aromatic heterocycles. The molecule has 0 aliphatic heterocycles. The minimum Gasteiger partial charge on any atom is -0.457 e. The van der Waals surface area contributed by atoms with Gasteiger partial charge in [-0.15, -0.1) is 10.2 Å². The fourth-order valence-electron chi connectivity index (χ4n) is 2.96. The van der Waals surface area contributed by atoms with Crippen LogP contribution in [0.15, 0.2) is 60.8 Å². The van der Waals surface area contributed by atoms with Gasteiger partial charge in [-0.2, -0.15) is 0 Å². The average Bonchev–Trinajstić information content (AvgIpc) is 2.82. The molecule has 160 valence electrons. The molecule has 0 spiro atoms. The van der Waals surface area contributed by atoms with Crippen LogP contribution in [0.4, 0.5) is 5.95 Å². The minimum atomic E-state index is -0.308. The zero-order valence-electron chi connectivity index (χ0n) is 17.7. The van der Waals surface area contributed by atoms with E-state index in [1.807, 2.05) is 19.1 Å². The number of carbonyl (C=O) groups excluding carboxylic acids is 2. The van der Waals surface area contributed by atoms with Gasteiger partial charge in [0.15, 0.2) is 0 Å². The van der Waals surface area contributed by atoms with Crippen LogP contribution < -0.4 is 15.0 Å². The van der Waals surface area contributed by atoms with Crippen LogP contribution in [0, 0.1) is 6.92 Å². The number of aromatic nitrogens is 4. The van der Waals surface area contributed by atoms with Crippen molar-refractivity contribution in [1.29, 1.82) is 0 Å². The second-order valence-corrected chi connectivity index (χ2v) is 7.05. The van der Waals surface area contributed by atoms with Crippen molar-refractivity contribution in [3.05, 3.63) is 77.6 Å². The zero-order chi connectivity index (χ0) is 22.7. The molecule has 2 aromatic carbocycles. The number of fused-ring (bicyclic) bond motifs is 1. The van der Waals surface area contributed by atoms with Crippen LogP contribution in [0.1, 0.15) is 26.4 Å². The fraction of sp³-hybridized carbons (Fsp3) is 0.130. The van der Waals surface area contributed by atoms with Crippen molar-refractivity contribution in [1.82, 2.24) is 25.5 Å². The third-order valence-corrected chi connectivity index (χ3v) is 4.74. The first-order valence-corrected chi connectivity index (χ1v) is 9.80. The molecule has 32 heavy (non-hydrogen) atoms. The molecule has 0 bridgehead atoms. The highest BCUT2D eigenvalue weighted by atomic mass is 16.5. The summed E-state index contributed by atoms with van der Waals surface area (Å²) >= 11 is 0. The second-order valence-electron chi connectivity index (χ2n) is 7.05. The van der Waals surface area contributed by atoms with Gasteiger partial charge in [-0.25, -0.2) is 4.98 Å². The molecular weight excluding hydrogens is 408 g/mol. The van der Waals surface area contributed by atoms with E-state index in [4.69, 9.17) is 4.74 Å². The predicted molar refractivity (Wildman–Crippen MR) is 119 cm³/mol. The molecule has 0 saturated carbocycles. The lowest BCUT2D eigenvalue weighted by Gasteiger charge is -2.15. The molecule has 0 radical (unpaired) electrons. The maximum atomic E-state index is 12.8. The van der Waals surface area contributed by atoms with Gasteiger partial charge in [0.25, 0.3) is 17.8 Å². The van der Waals surface area contributed by atoms with Gasteiger partial charge in [-0.1, -0.05) is 17.7 Å². The van der Waals surface area contributed by atoms with Crippen LogP contribution in [0.3, 0.4) is 0 Å². The third kappa shape index (κ3) is 4.36. The number of nitrogens with one attached hydrogen (secondary N) is 1. The van der Waals surface area contributed by atoms with Crippen LogP contribution in [0.2, 0.25) is 0 Å². The van der Waals surface area contributed by atoms with Gasteiger partial charge >= 0.3 is 0 Å². The topological polar surface area (TPSA) is 110 Å². The molecule has 0 atom stereocenters. The molecule has 1 N–H and O–H groups in total. The van der Waals surface area contributed by atoms with Crippen LogP contribution in [0.5, 0.6) is 11.5 Å². The van der Waals surface area contributed by atoms with E-state index in [2.05, 4.69) is 25.5 Å². The summed E-state index contributed by atoms with van der Waals surface area (Å²) in [6.07, 6.45) is 1.49. The molecule has 0 saturated heterocycles. The highest BCUT2D eigenvalue weighted by Crippen LogP contribution is 2.25. The van der Waals surface area contributed by atoms with Crippen molar-refractivity contribution in [2.75, 3.05) is 19.0 Å². The molecule has 0 aliphatic carbocycles. The molecule has 4 aromatic rings. The van der Waals surface area contributed by atoms with E-state index < -0.39 is 0 Å². The van der Waals surface area contributed by atoms with Gasteiger partial charge in [0.05, 0.1) is 5.52 Å². The summed E-state index contributed by atoms with van der Waals surface area (Å²) in [5.41, 5.74) is 2.91. The van der Waals surface area contributed by atoms with E-state index >= 15 is 0 Å². The molecule has 2 amide bonds. The standard InChI is InChI=1S/C23H20N6O3/c1-14-4-6-15(7-5-14)22(31)29(3)23-26-19-12-16(8-9-18(19)27-28-23)32-17-10-11-25-20(13-17)21(30)24-2/h4-13H,1-3H3,(H,24,30). The van der Waals surface area contributed by atoms with Crippen LogP contribution in [0.25, 0.3) is 11.0 Å². The molecule has 9 heteroatoms. The Kier molecular flexibility index (Phi) is 5.71. The predicted octanol–water partition coefficient (Wildman–Crippen LogP) is 3.16. The van der Waals surface area contributed by atoms with Crippen molar-refractivity contribution in [2.45, 2.75) is 6.92 Å². The maximum Gasteiger partial charge on any atom is 0.269 e. The van der Waals surface area contributed by atoms with Crippen LogP contribution >= 0.6 is 0 Å². The molecular formula is C23H20N6O3. The largest absolute Gasteiger partial charge is 0.457 e. The highest BCUT2D eigenvalue weighted by Gasteiger charge is 2.17. The number of aryl methyl sites for hydroxylation is 1. The van der Waals surface area contributed by atoms with Gasteiger partial charge in [-0.3, -0.25) is 19.5 Å². The van der Waals surface area contributed by atoms with Gasteiger partial charge in [-0.05, 0) is 37.3 Å². The van der Waals surface area contributed by atoms with Gasteiger partial charge < -0.3 is 10.1 Å². The lowest BCUT2D eigenvalue weighted by Crippen LogP contribution is -2.28. The molecule has 0 aliphatic rings. The summed E-state index contributed by atoms with van der Waals surface area (Å²) in [6, 6.07) is 15.6. The number of rotatable bonds is 5. The monoisotopic (exact) mass is 428 g/mol. The number of carbonyl (C=O) groups is 2. The number of ether oxygens (including phenoxy) is 1. The number of benzene rings is 2.